The number of phenols is 1. The van der Waals surface area contributed by atoms with Gasteiger partial charge in [0.25, 0.3) is 0 Å². The number of benzene rings is 1. The second-order valence-corrected chi connectivity index (χ2v) is 7.67. The van der Waals surface area contributed by atoms with Gasteiger partial charge in [0, 0.05) is 24.2 Å². The Morgan fingerprint density at radius 3 is 2.74 bits per heavy atom. The van der Waals surface area contributed by atoms with Crippen LogP contribution in [0, 0.1) is 6.92 Å². The Bertz CT molecular complexity index is 568. The molecule has 1 aromatic carbocycles. The summed E-state index contributed by atoms with van der Waals surface area (Å²) in [6, 6.07) is 5.54. The number of aryl methyl sites for hydroxylation is 1. The summed E-state index contributed by atoms with van der Waals surface area (Å²) in [7, 11) is -2.90. The van der Waals surface area contributed by atoms with Crippen molar-refractivity contribution in [2.45, 2.75) is 32.9 Å². The van der Waals surface area contributed by atoms with E-state index in [2.05, 4.69) is 4.90 Å². The van der Waals surface area contributed by atoms with E-state index >= 15 is 0 Å². The minimum atomic E-state index is -2.90. The molecule has 1 aliphatic heterocycles. The molecule has 0 bridgehead atoms. The van der Waals surface area contributed by atoms with E-state index in [1.807, 2.05) is 32.9 Å². The van der Waals surface area contributed by atoms with Gasteiger partial charge < -0.3 is 5.11 Å². The average Bonchev–Trinajstić information content (AvgIpc) is 2.30. The molecule has 0 aromatic heterocycles. The van der Waals surface area contributed by atoms with Gasteiger partial charge in [-0.15, -0.1) is 0 Å². The van der Waals surface area contributed by atoms with Crippen molar-refractivity contribution in [3.05, 3.63) is 29.3 Å². The first-order chi connectivity index (χ1) is 8.80. The van der Waals surface area contributed by atoms with Gasteiger partial charge in [-0.2, -0.15) is 0 Å². The zero-order valence-electron chi connectivity index (χ0n) is 11.6. The summed E-state index contributed by atoms with van der Waals surface area (Å²) in [6.45, 7) is 6.46. The van der Waals surface area contributed by atoms with Crippen LogP contribution in [0.5, 0.6) is 5.75 Å². The van der Waals surface area contributed by atoms with Crippen LogP contribution >= 0.6 is 0 Å². The van der Waals surface area contributed by atoms with E-state index in [0.717, 1.165) is 11.1 Å². The maximum atomic E-state index is 11.6. The van der Waals surface area contributed by atoms with Gasteiger partial charge in [0.2, 0.25) is 0 Å². The summed E-state index contributed by atoms with van der Waals surface area (Å²) in [4.78, 5) is 2.15. The van der Waals surface area contributed by atoms with E-state index in [1.165, 1.54) is 0 Å². The van der Waals surface area contributed by atoms with Gasteiger partial charge in [0.1, 0.15) is 5.75 Å². The maximum absolute atomic E-state index is 11.6. The van der Waals surface area contributed by atoms with Crippen LogP contribution in [0.3, 0.4) is 0 Å². The highest BCUT2D eigenvalue weighted by Crippen LogP contribution is 2.31. The maximum Gasteiger partial charge on any atom is 0.153 e. The van der Waals surface area contributed by atoms with Gasteiger partial charge in [0.05, 0.1) is 11.5 Å². The number of rotatable bonds is 2. The van der Waals surface area contributed by atoms with Crippen LogP contribution in [-0.2, 0) is 9.84 Å². The SMILES string of the molecule is Cc1ccc(O)c(C(C)N2CCS(=O)(=O)CC2C)c1. The Balaban J connectivity index is 2.25. The predicted molar refractivity (Wildman–Crippen MR) is 76.1 cm³/mol. The number of hydrogen-bond acceptors (Lipinski definition) is 4. The standard InChI is InChI=1S/C14H21NO3S/c1-10-4-5-14(16)13(8-10)12(3)15-6-7-19(17,18)9-11(15)2/h4-5,8,11-12,16H,6-7,9H2,1-3H3. The van der Waals surface area contributed by atoms with E-state index in [4.69, 9.17) is 0 Å². The molecule has 0 saturated carbocycles. The van der Waals surface area contributed by atoms with Gasteiger partial charge in [-0.05, 0) is 26.8 Å². The summed E-state index contributed by atoms with van der Waals surface area (Å²) in [5, 5.41) is 9.98. The monoisotopic (exact) mass is 283 g/mol. The van der Waals surface area contributed by atoms with Crippen LogP contribution in [0.2, 0.25) is 0 Å². The van der Waals surface area contributed by atoms with Crippen molar-refractivity contribution in [1.82, 2.24) is 4.90 Å². The van der Waals surface area contributed by atoms with Gasteiger partial charge >= 0.3 is 0 Å². The topological polar surface area (TPSA) is 57.6 Å². The van der Waals surface area contributed by atoms with Gasteiger partial charge in [0.15, 0.2) is 9.84 Å². The molecule has 0 aliphatic carbocycles. The van der Waals surface area contributed by atoms with E-state index in [0.29, 0.717) is 6.54 Å². The van der Waals surface area contributed by atoms with E-state index < -0.39 is 9.84 Å². The molecule has 1 N–H and O–H groups in total. The Labute approximate surface area is 115 Å². The third-order valence-electron chi connectivity index (χ3n) is 3.85. The average molecular weight is 283 g/mol. The number of nitrogens with zero attached hydrogens (tertiary/aromatic N) is 1. The Hall–Kier alpha value is -1.07. The van der Waals surface area contributed by atoms with Crippen LogP contribution < -0.4 is 0 Å². The molecule has 2 atom stereocenters. The number of phenolic OH excluding ortho intramolecular Hbond substituents is 1. The van der Waals surface area contributed by atoms with Crippen molar-refractivity contribution >= 4 is 9.84 Å². The summed E-state index contributed by atoms with van der Waals surface area (Å²) in [5.74, 6) is 0.678. The van der Waals surface area contributed by atoms with Crippen LogP contribution in [0.15, 0.2) is 18.2 Å². The highest BCUT2D eigenvalue weighted by Gasteiger charge is 2.32. The minimum Gasteiger partial charge on any atom is -0.508 e. The lowest BCUT2D eigenvalue weighted by Crippen LogP contribution is -2.47. The molecule has 5 heteroatoms. The molecule has 0 radical (unpaired) electrons. The highest BCUT2D eigenvalue weighted by atomic mass is 32.2. The van der Waals surface area contributed by atoms with Crippen molar-refractivity contribution in [1.29, 1.82) is 0 Å². The molecule has 4 nitrogen and oxygen atoms in total. The molecule has 0 amide bonds. The molecule has 1 aromatic rings. The highest BCUT2D eigenvalue weighted by molar-refractivity contribution is 7.91. The second kappa shape index (κ2) is 5.13. The Kier molecular flexibility index (Phi) is 3.87. The van der Waals surface area contributed by atoms with Crippen molar-refractivity contribution in [3.63, 3.8) is 0 Å². The number of hydrogen-bond donors (Lipinski definition) is 1. The van der Waals surface area contributed by atoms with E-state index in [-0.39, 0.29) is 29.3 Å². The molecule has 1 heterocycles. The molecule has 19 heavy (non-hydrogen) atoms. The molecule has 2 rings (SSSR count). The number of sulfone groups is 1. The normalized spacial score (nSPS) is 25.1. The van der Waals surface area contributed by atoms with E-state index in [1.54, 1.807) is 6.07 Å². The molecule has 0 spiro atoms. The predicted octanol–water partition coefficient (Wildman–Crippen LogP) is 1.88. The fourth-order valence-corrected chi connectivity index (χ4v) is 4.36. The van der Waals surface area contributed by atoms with Crippen LogP contribution in [0.4, 0.5) is 0 Å². The zero-order chi connectivity index (χ0) is 14.2. The Morgan fingerprint density at radius 2 is 2.11 bits per heavy atom. The second-order valence-electron chi connectivity index (χ2n) is 5.44. The Morgan fingerprint density at radius 1 is 1.42 bits per heavy atom. The number of aromatic hydroxyl groups is 1. The smallest absolute Gasteiger partial charge is 0.153 e. The third-order valence-corrected chi connectivity index (χ3v) is 5.65. The first kappa shape index (κ1) is 14.3. The molecule has 2 unspecified atom stereocenters. The molecule has 106 valence electrons. The third kappa shape index (κ3) is 3.09. The summed E-state index contributed by atoms with van der Waals surface area (Å²) in [6.07, 6.45) is 0. The van der Waals surface area contributed by atoms with Crippen molar-refractivity contribution < 1.29 is 13.5 Å². The van der Waals surface area contributed by atoms with Gasteiger partial charge in [-0.1, -0.05) is 17.7 Å². The van der Waals surface area contributed by atoms with Crippen molar-refractivity contribution in [3.8, 4) is 5.75 Å². The largest absolute Gasteiger partial charge is 0.508 e. The first-order valence-corrected chi connectivity index (χ1v) is 8.38. The molecular formula is C14H21NO3S. The van der Waals surface area contributed by atoms with E-state index in [9.17, 15) is 13.5 Å². The lowest BCUT2D eigenvalue weighted by atomic mass is 10.0. The fourth-order valence-electron chi connectivity index (χ4n) is 2.77. The van der Waals surface area contributed by atoms with Crippen molar-refractivity contribution in [2.24, 2.45) is 0 Å². The van der Waals surface area contributed by atoms with Gasteiger partial charge in [-0.25, -0.2) is 8.42 Å². The van der Waals surface area contributed by atoms with Crippen LogP contribution in [0.25, 0.3) is 0 Å². The molecular weight excluding hydrogens is 262 g/mol. The van der Waals surface area contributed by atoms with Crippen molar-refractivity contribution in [2.75, 3.05) is 18.1 Å². The molecule has 1 aliphatic rings. The van der Waals surface area contributed by atoms with Crippen LogP contribution in [-0.4, -0.2) is 42.5 Å². The molecule has 1 saturated heterocycles. The first-order valence-electron chi connectivity index (χ1n) is 6.56. The summed E-state index contributed by atoms with van der Waals surface area (Å²) < 4.78 is 23.2. The van der Waals surface area contributed by atoms with Gasteiger partial charge in [-0.3, -0.25) is 4.90 Å². The summed E-state index contributed by atoms with van der Waals surface area (Å²) >= 11 is 0. The van der Waals surface area contributed by atoms with Crippen LogP contribution in [0.1, 0.15) is 31.0 Å². The minimum absolute atomic E-state index is 0.0189. The quantitative estimate of drug-likeness (QED) is 0.900. The lowest BCUT2D eigenvalue weighted by Gasteiger charge is -2.38. The fraction of sp³-hybridized carbons (Fsp3) is 0.571. The zero-order valence-corrected chi connectivity index (χ0v) is 12.4. The summed E-state index contributed by atoms with van der Waals surface area (Å²) in [5.41, 5.74) is 1.96. The lowest BCUT2D eigenvalue weighted by molar-refractivity contribution is 0.167. The molecule has 1 fully saturated rings.